The van der Waals surface area contributed by atoms with Crippen molar-refractivity contribution in [2.24, 2.45) is 0 Å². The van der Waals surface area contributed by atoms with Gasteiger partial charge in [-0.15, -0.1) is 0 Å². The van der Waals surface area contributed by atoms with E-state index < -0.39 is 0 Å². The normalized spacial score (nSPS) is 13.7. The predicted octanol–water partition coefficient (Wildman–Crippen LogP) is 3.69. The molecule has 1 rings (SSSR count). The van der Waals surface area contributed by atoms with Gasteiger partial charge in [0.25, 0.3) is 0 Å². The molecule has 1 aromatic rings. The Labute approximate surface area is 122 Å². The summed E-state index contributed by atoms with van der Waals surface area (Å²) < 4.78 is 13.5. The molecule has 0 aliphatic rings. The zero-order valence-electron chi connectivity index (χ0n) is 11.5. The highest BCUT2D eigenvalue weighted by Gasteiger charge is 2.15. The molecule has 0 saturated heterocycles. The summed E-state index contributed by atoms with van der Waals surface area (Å²) in [4.78, 5) is 11.9. The fourth-order valence-corrected chi connectivity index (χ4v) is 2.15. The van der Waals surface area contributed by atoms with Gasteiger partial charge in [-0.25, -0.2) is 4.39 Å². The Bertz CT molecular complexity index is 439. The summed E-state index contributed by atoms with van der Waals surface area (Å²) in [6, 6.07) is 4.39. The van der Waals surface area contributed by atoms with E-state index in [9.17, 15) is 9.18 Å². The zero-order valence-corrected chi connectivity index (χ0v) is 13.1. The van der Waals surface area contributed by atoms with Gasteiger partial charge in [-0.2, -0.15) is 0 Å². The summed E-state index contributed by atoms with van der Waals surface area (Å²) in [5, 5.41) is 5.99. The molecule has 1 amide bonds. The Morgan fingerprint density at radius 3 is 2.68 bits per heavy atom. The number of benzene rings is 1. The topological polar surface area (TPSA) is 41.1 Å². The number of hydrogen-bond donors (Lipinski definition) is 2. The minimum absolute atomic E-state index is 0.0543. The lowest BCUT2D eigenvalue weighted by molar-refractivity contribution is -0.122. The average molecular weight is 331 g/mol. The Morgan fingerprint density at radius 2 is 2.11 bits per heavy atom. The van der Waals surface area contributed by atoms with Crippen LogP contribution in [-0.2, 0) is 4.79 Å². The lowest BCUT2D eigenvalue weighted by atomic mass is 10.2. The van der Waals surface area contributed by atoms with E-state index in [1.165, 1.54) is 6.07 Å². The first-order valence-corrected chi connectivity index (χ1v) is 7.25. The highest BCUT2D eigenvalue weighted by molar-refractivity contribution is 9.10. The van der Waals surface area contributed by atoms with Crippen LogP contribution in [0.4, 0.5) is 10.1 Å². The molecule has 0 heterocycles. The molecule has 1 aromatic carbocycles. The molecule has 0 aromatic heterocycles. The maximum Gasteiger partial charge on any atom is 0.242 e. The van der Waals surface area contributed by atoms with Gasteiger partial charge in [0.05, 0.1) is 4.47 Å². The molecular formula is C14H20BrFN2O. The van der Waals surface area contributed by atoms with E-state index in [0.29, 0.717) is 10.2 Å². The van der Waals surface area contributed by atoms with Crippen LogP contribution < -0.4 is 10.6 Å². The number of nitrogens with one attached hydrogen (secondary N) is 2. The van der Waals surface area contributed by atoms with E-state index in [-0.39, 0.29) is 23.8 Å². The lowest BCUT2D eigenvalue weighted by Gasteiger charge is -2.19. The maximum absolute atomic E-state index is 13.1. The van der Waals surface area contributed by atoms with E-state index in [1.54, 1.807) is 19.1 Å². The summed E-state index contributed by atoms with van der Waals surface area (Å²) in [5.41, 5.74) is 0.707. The quantitative estimate of drug-likeness (QED) is 0.835. The van der Waals surface area contributed by atoms with Crippen molar-refractivity contribution in [2.45, 2.75) is 45.7 Å². The number of hydrogen-bond acceptors (Lipinski definition) is 2. The lowest BCUT2D eigenvalue weighted by Crippen LogP contribution is -2.42. The molecule has 0 fully saturated rings. The molecule has 0 aliphatic carbocycles. The fourth-order valence-electron chi connectivity index (χ4n) is 1.77. The molecule has 19 heavy (non-hydrogen) atoms. The number of carbonyl (C=O) groups is 1. The molecule has 0 aliphatic heterocycles. The predicted molar refractivity (Wildman–Crippen MR) is 79.7 cm³/mol. The Hall–Kier alpha value is -1.10. The summed E-state index contributed by atoms with van der Waals surface area (Å²) in [7, 11) is 0. The van der Waals surface area contributed by atoms with E-state index in [0.717, 1.165) is 12.8 Å². The van der Waals surface area contributed by atoms with Crippen molar-refractivity contribution in [1.29, 1.82) is 0 Å². The fraction of sp³-hybridized carbons (Fsp3) is 0.500. The van der Waals surface area contributed by atoms with Crippen LogP contribution in [0.5, 0.6) is 0 Å². The van der Waals surface area contributed by atoms with Gasteiger partial charge >= 0.3 is 0 Å². The van der Waals surface area contributed by atoms with Crippen molar-refractivity contribution in [2.75, 3.05) is 5.32 Å². The van der Waals surface area contributed by atoms with Crippen LogP contribution in [0.3, 0.4) is 0 Å². The SMILES string of the molecule is CCCC(C)NC(=O)C(C)Nc1ccc(F)c(Br)c1. The summed E-state index contributed by atoms with van der Waals surface area (Å²) in [5.74, 6) is -0.374. The second-order valence-corrected chi connectivity index (χ2v) is 5.55. The van der Waals surface area contributed by atoms with Crippen LogP contribution in [-0.4, -0.2) is 18.0 Å². The van der Waals surface area contributed by atoms with E-state index >= 15 is 0 Å². The van der Waals surface area contributed by atoms with Crippen LogP contribution in [0.2, 0.25) is 0 Å². The van der Waals surface area contributed by atoms with Gasteiger partial charge in [-0.3, -0.25) is 4.79 Å². The first-order chi connectivity index (χ1) is 8.93. The molecule has 2 N–H and O–H groups in total. The molecule has 3 nitrogen and oxygen atoms in total. The van der Waals surface area contributed by atoms with Gasteiger partial charge in [-0.05, 0) is 54.4 Å². The van der Waals surface area contributed by atoms with Gasteiger partial charge in [0.15, 0.2) is 0 Å². The third kappa shape index (κ3) is 5.19. The van der Waals surface area contributed by atoms with Gasteiger partial charge in [0.1, 0.15) is 11.9 Å². The maximum atomic E-state index is 13.1. The average Bonchev–Trinajstić information content (AvgIpc) is 2.34. The van der Waals surface area contributed by atoms with Crippen LogP contribution in [0.15, 0.2) is 22.7 Å². The third-order valence-corrected chi connectivity index (χ3v) is 3.41. The van der Waals surface area contributed by atoms with Crippen molar-refractivity contribution >= 4 is 27.5 Å². The van der Waals surface area contributed by atoms with E-state index in [1.807, 2.05) is 6.92 Å². The van der Waals surface area contributed by atoms with E-state index in [4.69, 9.17) is 0 Å². The van der Waals surface area contributed by atoms with Gasteiger partial charge in [0, 0.05) is 11.7 Å². The molecule has 2 unspecified atom stereocenters. The highest BCUT2D eigenvalue weighted by atomic mass is 79.9. The molecule has 0 radical (unpaired) electrons. The van der Waals surface area contributed by atoms with Crippen LogP contribution in [0.1, 0.15) is 33.6 Å². The molecule has 2 atom stereocenters. The highest BCUT2D eigenvalue weighted by Crippen LogP contribution is 2.20. The van der Waals surface area contributed by atoms with Crippen molar-refractivity contribution in [3.63, 3.8) is 0 Å². The van der Waals surface area contributed by atoms with Crippen LogP contribution >= 0.6 is 15.9 Å². The molecule has 5 heteroatoms. The first-order valence-electron chi connectivity index (χ1n) is 6.46. The monoisotopic (exact) mass is 330 g/mol. The Kier molecular flexibility index (Phi) is 6.28. The molecule has 0 spiro atoms. The van der Waals surface area contributed by atoms with Crippen molar-refractivity contribution in [3.05, 3.63) is 28.5 Å². The minimum Gasteiger partial charge on any atom is -0.374 e. The summed E-state index contributed by atoms with van der Waals surface area (Å²) >= 11 is 3.12. The minimum atomic E-state index is -0.364. The molecule has 0 saturated carbocycles. The van der Waals surface area contributed by atoms with Gasteiger partial charge in [-0.1, -0.05) is 13.3 Å². The molecular weight excluding hydrogens is 311 g/mol. The van der Waals surface area contributed by atoms with E-state index in [2.05, 4.69) is 33.5 Å². The first kappa shape index (κ1) is 16.0. The van der Waals surface area contributed by atoms with Gasteiger partial charge < -0.3 is 10.6 Å². The summed E-state index contributed by atoms with van der Waals surface area (Å²) in [6.45, 7) is 5.86. The third-order valence-electron chi connectivity index (χ3n) is 2.81. The molecule has 0 bridgehead atoms. The molecule has 106 valence electrons. The standard InChI is InChI=1S/C14H20BrFN2O/c1-4-5-9(2)17-14(19)10(3)18-11-6-7-13(16)12(15)8-11/h6-10,18H,4-5H2,1-3H3,(H,17,19). The number of halogens is 2. The Balaban J connectivity index is 2.56. The van der Waals surface area contributed by atoms with Crippen molar-refractivity contribution in [3.8, 4) is 0 Å². The van der Waals surface area contributed by atoms with Crippen LogP contribution in [0, 0.1) is 5.82 Å². The number of anilines is 1. The largest absolute Gasteiger partial charge is 0.374 e. The van der Waals surface area contributed by atoms with Crippen molar-refractivity contribution < 1.29 is 9.18 Å². The second-order valence-electron chi connectivity index (χ2n) is 4.69. The number of rotatable bonds is 6. The number of amides is 1. The van der Waals surface area contributed by atoms with Crippen LogP contribution in [0.25, 0.3) is 0 Å². The van der Waals surface area contributed by atoms with Gasteiger partial charge in [0.2, 0.25) is 5.91 Å². The summed E-state index contributed by atoms with van der Waals surface area (Å²) in [6.07, 6.45) is 1.99. The smallest absolute Gasteiger partial charge is 0.242 e. The Morgan fingerprint density at radius 1 is 1.42 bits per heavy atom. The second kappa shape index (κ2) is 7.48. The zero-order chi connectivity index (χ0) is 14.4. The number of carbonyl (C=O) groups excluding carboxylic acids is 1. The van der Waals surface area contributed by atoms with Crippen molar-refractivity contribution in [1.82, 2.24) is 5.32 Å².